The molecule has 0 saturated heterocycles. The molecule has 158 valence electrons. The molecule has 1 amide bonds. The van der Waals surface area contributed by atoms with Crippen LogP contribution in [0.25, 0.3) is 22.3 Å². The lowest BCUT2D eigenvalue weighted by atomic mass is 10.1. The molecule has 1 aromatic carbocycles. The third kappa shape index (κ3) is 4.48. The van der Waals surface area contributed by atoms with E-state index in [2.05, 4.69) is 17.0 Å². The number of amides is 1. The van der Waals surface area contributed by atoms with Crippen molar-refractivity contribution in [3.63, 3.8) is 0 Å². The quantitative estimate of drug-likeness (QED) is 0.416. The third-order valence-corrected chi connectivity index (χ3v) is 5.41. The van der Waals surface area contributed by atoms with Gasteiger partial charge in [0.05, 0.1) is 29.4 Å². The van der Waals surface area contributed by atoms with E-state index in [1.54, 1.807) is 12.4 Å². The Balaban J connectivity index is 1.83. The van der Waals surface area contributed by atoms with Crippen LogP contribution in [-0.2, 0) is 6.54 Å². The van der Waals surface area contributed by atoms with Crippen LogP contribution in [0.1, 0.15) is 42.6 Å². The highest BCUT2D eigenvalue weighted by atomic mass is 16.2. The van der Waals surface area contributed by atoms with Gasteiger partial charge in [0.2, 0.25) is 0 Å². The van der Waals surface area contributed by atoms with E-state index >= 15 is 0 Å². The second kappa shape index (κ2) is 9.51. The van der Waals surface area contributed by atoms with Gasteiger partial charge in [-0.05, 0) is 31.0 Å². The van der Waals surface area contributed by atoms with E-state index in [-0.39, 0.29) is 5.91 Å². The normalized spacial score (nSPS) is 11.0. The fourth-order valence-electron chi connectivity index (χ4n) is 3.68. The molecular weight excluding hydrogens is 386 g/mol. The van der Waals surface area contributed by atoms with E-state index in [9.17, 15) is 4.79 Å². The van der Waals surface area contributed by atoms with Crippen LogP contribution in [0.3, 0.4) is 0 Å². The third-order valence-electron chi connectivity index (χ3n) is 5.41. The first-order valence-corrected chi connectivity index (χ1v) is 10.8. The number of carbonyl (C=O) groups excluding carboxylic acids is 1. The lowest BCUT2D eigenvalue weighted by molar-refractivity contribution is 0.0764. The first-order valence-electron chi connectivity index (χ1n) is 10.8. The van der Waals surface area contributed by atoms with Gasteiger partial charge in [0.1, 0.15) is 0 Å². The first kappa shape index (κ1) is 20.7. The molecule has 0 unspecified atom stereocenters. The molecule has 0 aliphatic rings. The van der Waals surface area contributed by atoms with E-state index in [4.69, 9.17) is 4.98 Å². The fourth-order valence-corrected chi connectivity index (χ4v) is 3.68. The molecule has 0 N–H and O–H groups in total. The molecule has 31 heavy (non-hydrogen) atoms. The van der Waals surface area contributed by atoms with Crippen molar-refractivity contribution >= 4 is 16.9 Å². The van der Waals surface area contributed by atoms with E-state index < -0.39 is 0 Å². The number of benzene rings is 1. The van der Waals surface area contributed by atoms with Crippen LogP contribution in [0.4, 0.5) is 0 Å². The molecule has 0 bridgehead atoms. The molecular formula is C25H27N5O. The number of fused-ring (bicyclic) bond motifs is 1. The summed E-state index contributed by atoms with van der Waals surface area (Å²) in [6.45, 7) is 6.13. The Kier molecular flexibility index (Phi) is 6.36. The smallest absolute Gasteiger partial charge is 0.254 e. The Morgan fingerprint density at radius 1 is 1.06 bits per heavy atom. The molecule has 0 atom stereocenters. The van der Waals surface area contributed by atoms with Crippen LogP contribution in [-0.4, -0.2) is 43.6 Å². The van der Waals surface area contributed by atoms with Crippen LogP contribution >= 0.6 is 0 Å². The highest BCUT2D eigenvalue weighted by molar-refractivity contribution is 6.06. The summed E-state index contributed by atoms with van der Waals surface area (Å²) < 4.78 is 1.85. The zero-order chi connectivity index (χ0) is 21.6. The summed E-state index contributed by atoms with van der Waals surface area (Å²) in [4.78, 5) is 24.5. The van der Waals surface area contributed by atoms with Crippen molar-refractivity contribution in [2.24, 2.45) is 0 Å². The number of carbonyl (C=O) groups is 1. The zero-order valence-electron chi connectivity index (χ0n) is 18.0. The summed E-state index contributed by atoms with van der Waals surface area (Å²) in [5.41, 5.74) is 4.14. The lowest BCUT2D eigenvalue weighted by Gasteiger charge is -2.21. The van der Waals surface area contributed by atoms with Crippen LogP contribution < -0.4 is 0 Å². The standard InChI is InChI=1S/C25H27N5O/c1-3-5-14-29(4-2)25(31)21-15-23(20-11-7-6-8-12-20)28-24-22(21)17-27-30(24)18-19-10-9-13-26-16-19/h6-13,15-17H,3-5,14,18H2,1-2H3. The van der Waals surface area contributed by atoms with Crippen LogP contribution in [0.15, 0.2) is 67.1 Å². The van der Waals surface area contributed by atoms with Gasteiger partial charge >= 0.3 is 0 Å². The van der Waals surface area contributed by atoms with Gasteiger partial charge in [-0.15, -0.1) is 0 Å². The SMILES string of the molecule is CCCCN(CC)C(=O)c1cc(-c2ccccc2)nc2c1cnn2Cc1cccnc1. The zero-order valence-corrected chi connectivity index (χ0v) is 18.0. The molecule has 0 saturated carbocycles. The summed E-state index contributed by atoms with van der Waals surface area (Å²) in [7, 11) is 0. The summed E-state index contributed by atoms with van der Waals surface area (Å²) in [5, 5.41) is 5.35. The molecule has 6 heteroatoms. The predicted octanol–water partition coefficient (Wildman–Crippen LogP) is 4.80. The van der Waals surface area contributed by atoms with Gasteiger partial charge in [-0.25, -0.2) is 9.67 Å². The minimum absolute atomic E-state index is 0.0291. The van der Waals surface area contributed by atoms with Crippen LogP contribution in [0, 0.1) is 0 Å². The number of pyridine rings is 2. The van der Waals surface area contributed by atoms with Crippen LogP contribution in [0.2, 0.25) is 0 Å². The van der Waals surface area contributed by atoms with Gasteiger partial charge in [0, 0.05) is 31.0 Å². The molecule has 0 aliphatic carbocycles. The average Bonchev–Trinajstić information content (AvgIpc) is 3.22. The van der Waals surface area contributed by atoms with Crippen LogP contribution in [0.5, 0.6) is 0 Å². The average molecular weight is 414 g/mol. The van der Waals surface area contributed by atoms with Crippen molar-refractivity contribution in [2.75, 3.05) is 13.1 Å². The molecule has 0 spiro atoms. The van der Waals surface area contributed by atoms with Crippen molar-refractivity contribution in [1.82, 2.24) is 24.6 Å². The number of hydrogen-bond acceptors (Lipinski definition) is 4. The second-order valence-corrected chi connectivity index (χ2v) is 7.56. The predicted molar refractivity (Wildman–Crippen MR) is 123 cm³/mol. The molecule has 6 nitrogen and oxygen atoms in total. The number of aromatic nitrogens is 4. The van der Waals surface area contributed by atoms with E-state index in [0.29, 0.717) is 24.3 Å². The van der Waals surface area contributed by atoms with Gasteiger partial charge in [0.15, 0.2) is 5.65 Å². The Hall–Kier alpha value is -3.54. The fraction of sp³-hybridized carbons (Fsp3) is 0.280. The molecule has 3 heterocycles. The highest BCUT2D eigenvalue weighted by Crippen LogP contribution is 2.26. The van der Waals surface area contributed by atoms with Gasteiger partial charge < -0.3 is 4.90 Å². The lowest BCUT2D eigenvalue weighted by Crippen LogP contribution is -2.32. The molecule has 0 radical (unpaired) electrons. The van der Waals surface area contributed by atoms with E-state index in [1.165, 1.54) is 0 Å². The van der Waals surface area contributed by atoms with Crippen molar-refractivity contribution in [3.8, 4) is 11.3 Å². The van der Waals surface area contributed by atoms with E-state index in [1.807, 2.05) is 71.2 Å². The highest BCUT2D eigenvalue weighted by Gasteiger charge is 2.21. The minimum atomic E-state index is 0.0291. The van der Waals surface area contributed by atoms with Crippen molar-refractivity contribution in [1.29, 1.82) is 0 Å². The molecule has 3 aromatic heterocycles. The Morgan fingerprint density at radius 3 is 2.61 bits per heavy atom. The number of nitrogens with zero attached hydrogens (tertiary/aromatic N) is 5. The maximum Gasteiger partial charge on any atom is 0.254 e. The maximum absolute atomic E-state index is 13.5. The number of rotatable bonds is 8. The number of hydrogen-bond donors (Lipinski definition) is 0. The van der Waals surface area contributed by atoms with E-state index in [0.717, 1.165) is 41.6 Å². The summed E-state index contributed by atoms with van der Waals surface area (Å²) in [5.74, 6) is 0.0291. The molecule has 0 fully saturated rings. The number of unbranched alkanes of at least 4 members (excludes halogenated alkanes) is 1. The topological polar surface area (TPSA) is 63.9 Å². The maximum atomic E-state index is 13.5. The first-order chi connectivity index (χ1) is 15.2. The Morgan fingerprint density at radius 2 is 1.90 bits per heavy atom. The largest absolute Gasteiger partial charge is 0.339 e. The summed E-state index contributed by atoms with van der Waals surface area (Å²) in [6.07, 6.45) is 7.37. The van der Waals surface area contributed by atoms with Gasteiger partial charge in [-0.3, -0.25) is 9.78 Å². The van der Waals surface area contributed by atoms with Gasteiger partial charge in [0.25, 0.3) is 5.91 Å². The molecule has 4 rings (SSSR count). The monoisotopic (exact) mass is 413 g/mol. The summed E-state index contributed by atoms with van der Waals surface area (Å²) >= 11 is 0. The van der Waals surface area contributed by atoms with Crippen molar-refractivity contribution in [3.05, 3.63) is 78.2 Å². The van der Waals surface area contributed by atoms with Gasteiger partial charge in [-0.1, -0.05) is 49.7 Å². The Bertz CT molecular complexity index is 1150. The minimum Gasteiger partial charge on any atom is -0.339 e. The summed E-state index contributed by atoms with van der Waals surface area (Å²) in [6, 6.07) is 15.8. The second-order valence-electron chi connectivity index (χ2n) is 7.56. The Labute approximate surface area is 182 Å². The van der Waals surface area contributed by atoms with Crippen molar-refractivity contribution in [2.45, 2.75) is 33.2 Å². The molecule has 4 aromatic rings. The van der Waals surface area contributed by atoms with Crippen molar-refractivity contribution < 1.29 is 4.79 Å². The molecule has 0 aliphatic heterocycles. The van der Waals surface area contributed by atoms with Gasteiger partial charge in [-0.2, -0.15) is 5.10 Å².